The van der Waals surface area contributed by atoms with E-state index in [1.807, 2.05) is 6.92 Å². The van der Waals surface area contributed by atoms with Gasteiger partial charge in [0.2, 0.25) is 15.9 Å². The van der Waals surface area contributed by atoms with E-state index in [1.54, 1.807) is 48.5 Å². The Morgan fingerprint density at radius 1 is 1.15 bits per heavy atom. The number of sulfonamides is 1. The molecule has 0 aliphatic heterocycles. The van der Waals surface area contributed by atoms with E-state index in [9.17, 15) is 13.2 Å². The average molecular weight is 397 g/mol. The van der Waals surface area contributed by atoms with Crippen LogP contribution < -0.4 is 14.4 Å². The molecule has 140 valence electrons. The van der Waals surface area contributed by atoms with Gasteiger partial charge >= 0.3 is 0 Å². The molecule has 0 aromatic heterocycles. The summed E-state index contributed by atoms with van der Waals surface area (Å²) in [7, 11) is -3.67. The van der Waals surface area contributed by atoms with Gasteiger partial charge in [-0.1, -0.05) is 11.6 Å². The summed E-state index contributed by atoms with van der Waals surface area (Å²) in [4.78, 5) is 12.6. The Labute approximate surface area is 158 Å². The normalized spacial score (nSPS) is 12.3. The lowest BCUT2D eigenvalue weighted by Gasteiger charge is -2.28. The van der Waals surface area contributed by atoms with Crippen LogP contribution in [0.3, 0.4) is 0 Å². The Hall–Kier alpha value is -2.25. The predicted molar refractivity (Wildman–Crippen MR) is 104 cm³/mol. The minimum atomic E-state index is -3.67. The Bertz CT molecular complexity index is 852. The van der Waals surface area contributed by atoms with Gasteiger partial charge in [0.05, 0.1) is 18.6 Å². The van der Waals surface area contributed by atoms with Gasteiger partial charge in [-0.25, -0.2) is 8.42 Å². The van der Waals surface area contributed by atoms with E-state index in [0.717, 1.165) is 10.6 Å². The molecule has 0 aliphatic carbocycles. The molecule has 8 heteroatoms. The fraction of sp³-hybridized carbons (Fsp3) is 0.278. The summed E-state index contributed by atoms with van der Waals surface area (Å²) in [5, 5.41) is 3.20. The molecular weight excluding hydrogens is 376 g/mol. The van der Waals surface area contributed by atoms with E-state index < -0.39 is 22.0 Å². The fourth-order valence-electron chi connectivity index (χ4n) is 2.44. The molecule has 0 fully saturated rings. The largest absolute Gasteiger partial charge is 0.494 e. The van der Waals surface area contributed by atoms with Gasteiger partial charge in [-0.3, -0.25) is 9.10 Å². The van der Waals surface area contributed by atoms with Crippen LogP contribution in [0.4, 0.5) is 11.4 Å². The number of nitrogens with one attached hydrogen (secondary N) is 1. The monoisotopic (exact) mass is 396 g/mol. The first kappa shape index (κ1) is 20.1. The molecular formula is C18H21ClN2O4S. The minimum absolute atomic E-state index is 0.367. The summed E-state index contributed by atoms with van der Waals surface area (Å²) < 4.78 is 30.9. The molecule has 0 heterocycles. The second-order valence-corrected chi connectivity index (χ2v) is 7.95. The summed E-state index contributed by atoms with van der Waals surface area (Å²) in [6.07, 6.45) is 1.06. The van der Waals surface area contributed by atoms with Gasteiger partial charge < -0.3 is 10.1 Å². The molecule has 0 saturated heterocycles. The molecule has 0 saturated carbocycles. The molecule has 0 aliphatic rings. The van der Waals surface area contributed by atoms with Crippen molar-refractivity contribution in [1.82, 2.24) is 0 Å². The van der Waals surface area contributed by atoms with Crippen molar-refractivity contribution < 1.29 is 17.9 Å². The smallest absolute Gasteiger partial charge is 0.247 e. The Balaban J connectivity index is 2.20. The van der Waals surface area contributed by atoms with Crippen LogP contribution in [-0.4, -0.2) is 33.2 Å². The Morgan fingerprint density at radius 3 is 2.23 bits per heavy atom. The fourth-order valence-corrected chi connectivity index (χ4v) is 3.75. The van der Waals surface area contributed by atoms with E-state index in [2.05, 4.69) is 5.32 Å². The van der Waals surface area contributed by atoms with Crippen molar-refractivity contribution in [2.45, 2.75) is 19.9 Å². The maximum absolute atomic E-state index is 12.6. The summed E-state index contributed by atoms with van der Waals surface area (Å²) in [5.74, 6) is 0.243. The van der Waals surface area contributed by atoms with Crippen LogP contribution in [0.15, 0.2) is 48.5 Å². The standard InChI is InChI=1S/C18H21ClN2O4S/c1-4-25-17-11-7-15(8-12-17)20-18(22)13(2)21(26(3,23)24)16-9-5-14(19)6-10-16/h5-13H,4H2,1-3H3,(H,20,22). The number of benzene rings is 2. The van der Waals surface area contributed by atoms with E-state index in [1.165, 1.54) is 6.92 Å². The number of halogens is 1. The zero-order chi connectivity index (χ0) is 19.3. The van der Waals surface area contributed by atoms with Crippen molar-refractivity contribution in [2.75, 3.05) is 22.5 Å². The number of carbonyl (C=O) groups excluding carboxylic acids is 1. The molecule has 2 rings (SSSR count). The molecule has 1 atom stereocenters. The molecule has 26 heavy (non-hydrogen) atoms. The number of anilines is 2. The van der Waals surface area contributed by atoms with Gasteiger partial charge in [0, 0.05) is 10.7 Å². The van der Waals surface area contributed by atoms with Gasteiger partial charge in [0.15, 0.2) is 0 Å². The lowest BCUT2D eigenvalue weighted by molar-refractivity contribution is -0.116. The zero-order valence-electron chi connectivity index (χ0n) is 14.8. The highest BCUT2D eigenvalue weighted by atomic mass is 35.5. The maximum atomic E-state index is 12.6. The number of hydrogen-bond acceptors (Lipinski definition) is 4. The lowest BCUT2D eigenvalue weighted by atomic mass is 10.2. The third-order valence-electron chi connectivity index (χ3n) is 3.60. The van der Waals surface area contributed by atoms with Crippen molar-refractivity contribution in [2.24, 2.45) is 0 Å². The van der Waals surface area contributed by atoms with E-state index >= 15 is 0 Å². The van der Waals surface area contributed by atoms with Crippen LogP contribution >= 0.6 is 11.6 Å². The van der Waals surface area contributed by atoms with Crippen molar-refractivity contribution in [3.05, 3.63) is 53.6 Å². The SMILES string of the molecule is CCOc1ccc(NC(=O)C(C)N(c2ccc(Cl)cc2)S(C)(=O)=O)cc1. The quantitative estimate of drug-likeness (QED) is 0.776. The van der Waals surface area contributed by atoms with Gasteiger partial charge in [0.25, 0.3) is 0 Å². The van der Waals surface area contributed by atoms with Crippen LogP contribution in [0.5, 0.6) is 5.75 Å². The van der Waals surface area contributed by atoms with Crippen molar-refractivity contribution >= 4 is 38.9 Å². The van der Waals surface area contributed by atoms with E-state index in [4.69, 9.17) is 16.3 Å². The van der Waals surface area contributed by atoms with Gasteiger partial charge in [-0.05, 0) is 62.4 Å². The van der Waals surface area contributed by atoms with Crippen LogP contribution in [0, 0.1) is 0 Å². The van der Waals surface area contributed by atoms with Crippen LogP contribution in [0.2, 0.25) is 5.02 Å². The molecule has 0 spiro atoms. The Kier molecular flexibility index (Phi) is 6.50. The third kappa shape index (κ3) is 5.12. The first-order valence-electron chi connectivity index (χ1n) is 8.01. The summed E-state index contributed by atoms with van der Waals surface area (Å²) in [5.41, 5.74) is 0.918. The molecule has 2 aromatic rings. The topological polar surface area (TPSA) is 75.7 Å². The number of ether oxygens (including phenoxy) is 1. The molecule has 1 unspecified atom stereocenters. The Morgan fingerprint density at radius 2 is 1.73 bits per heavy atom. The van der Waals surface area contributed by atoms with Crippen molar-refractivity contribution in [1.29, 1.82) is 0 Å². The number of nitrogens with zero attached hydrogens (tertiary/aromatic N) is 1. The highest BCUT2D eigenvalue weighted by Gasteiger charge is 2.29. The number of rotatable bonds is 7. The molecule has 0 radical (unpaired) electrons. The van der Waals surface area contributed by atoms with Gasteiger partial charge in [-0.2, -0.15) is 0 Å². The van der Waals surface area contributed by atoms with Crippen molar-refractivity contribution in [3.63, 3.8) is 0 Å². The first-order valence-corrected chi connectivity index (χ1v) is 10.2. The molecule has 0 bridgehead atoms. The molecule has 1 N–H and O–H groups in total. The zero-order valence-corrected chi connectivity index (χ0v) is 16.3. The van der Waals surface area contributed by atoms with Gasteiger partial charge in [0.1, 0.15) is 11.8 Å². The second kappa shape index (κ2) is 8.42. The summed E-state index contributed by atoms with van der Waals surface area (Å²) >= 11 is 5.86. The average Bonchev–Trinajstić information content (AvgIpc) is 2.57. The lowest BCUT2D eigenvalue weighted by Crippen LogP contribution is -2.45. The number of amides is 1. The third-order valence-corrected chi connectivity index (χ3v) is 5.10. The maximum Gasteiger partial charge on any atom is 0.247 e. The van der Waals surface area contributed by atoms with E-state index in [-0.39, 0.29) is 0 Å². The number of carbonyl (C=O) groups is 1. The summed E-state index contributed by atoms with van der Waals surface area (Å²) in [6, 6.07) is 12.2. The highest BCUT2D eigenvalue weighted by molar-refractivity contribution is 7.92. The molecule has 6 nitrogen and oxygen atoms in total. The predicted octanol–water partition coefficient (Wildman–Crippen LogP) is 3.53. The van der Waals surface area contributed by atoms with Gasteiger partial charge in [-0.15, -0.1) is 0 Å². The van der Waals surface area contributed by atoms with Crippen molar-refractivity contribution in [3.8, 4) is 5.75 Å². The molecule has 1 amide bonds. The molecule has 2 aromatic carbocycles. The van der Waals surface area contributed by atoms with Crippen LogP contribution in [-0.2, 0) is 14.8 Å². The first-order chi connectivity index (χ1) is 12.2. The van der Waals surface area contributed by atoms with E-state index in [0.29, 0.717) is 28.8 Å². The van der Waals surface area contributed by atoms with Crippen LogP contribution in [0.25, 0.3) is 0 Å². The second-order valence-electron chi connectivity index (χ2n) is 5.66. The minimum Gasteiger partial charge on any atom is -0.494 e. The summed E-state index contributed by atoms with van der Waals surface area (Å²) in [6.45, 7) is 3.96. The van der Waals surface area contributed by atoms with Crippen LogP contribution in [0.1, 0.15) is 13.8 Å². The highest BCUT2D eigenvalue weighted by Crippen LogP contribution is 2.24. The number of hydrogen-bond donors (Lipinski definition) is 1.